The van der Waals surface area contributed by atoms with Crippen LogP contribution in [0.4, 0.5) is 0 Å². The van der Waals surface area contributed by atoms with Gasteiger partial charge in [-0.15, -0.1) is 0 Å². The van der Waals surface area contributed by atoms with Crippen molar-refractivity contribution < 1.29 is 5.11 Å². The molecule has 1 heterocycles. The van der Waals surface area contributed by atoms with Crippen molar-refractivity contribution in [3.05, 3.63) is 24.0 Å². The van der Waals surface area contributed by atoms with Crippen molar-refractivity contribution in [1.82, 2.24) is 4.57 Å². The van der Waals surface area contributed by atoms with Gasteiger partial charge in [-0.3, -0.25) is 0 Å². The first kappa shape index (κ1) is 10.8. The van der Waals surface area contributed by atoms with Crippen molar-refractivity contribution in [1.29, 1.82) is 5.26 Å². The molecule has 0 saturated carbocycles. The van der Waals surface area contributed by atoms with Gasteiger partial charge in [-0.2, -0.15) is 5.26 Å². The molecule has 1 N–H and O–H groups in total. The molecule has 1 rings (SSSR count). The molecule has 0 spiro atoms. The predicted molar refractivity (Wildman–Crippen MR) is 54.5 cm³/mol. The fraction of sp³-hybridized carbons (Fsp3) is 0.545. The highest BCUT2D eigenvalue weighted by Crippen LogP contribution is 2.16. The van der Waals surface area contributed by atoms with Crippen LogP contribution in [0.15, 0.2) is 18.5 Å². The first-order valence-electron chi connectivity index (χ1n) is 4.98. The molecule has 0 aliphatic rings. The summed E-state index contributed by atoms with van der Waals surface area (Å²) in [5.74, 6) is 0. The van der Waals surface area contributed by atoms with Crippen LogP contribution in [0.25, 0.3) is 0 Å². The van der Waals surface area contributed by atoms with Crippen molar-refractivity contribution in [2.75, 3.05) is 0 Å². The summed E-state index contributed by atoms with van der Waals surface area (Å²) in [7, 11) is 0. The Morgan fingerprint density at radius 1 is 1.64 bits per heavy atom. The molecule has 0 aromatic carbocycles. The molecule has 3 nitrogen and oxygen atoms in total. The number of rotatable bonds is 5. The molecular formula is C11H16N2O. The van der Waals surface area contributed by atoms with Gasteiger partial charge >= 0.3 is 0 Å². The number of nitriles is 1. The quantitative estimate of drug-likeness (QED) is 0.727. The molecule has 0 saturated heterocycles. The summed E-state index contributed by atoms with van der Waals surface area (Å²) in [5, 5.41) is 17.9. The van der Waals surface area contributed by atoms with E-state index in [0.717, 1.165) is 24.9 Å². The topological polar surface area (TPSA) is 49.0 Å². The molecule has 1 aromatic rings. The van der Waals surface area contributed by atoms with E-state index < -0.39 is 0 Å². The summed E-state index contributed by atoms with van der Waals surface area (Å²) in [6, 6.07) is 4.05. The van der Waals surface area contributed by atoms with Crippen LogP contribution in [-0.2, 0) is 6.54 Å². The highest BCUT2D eigenvalue weighted by atomic mass is 16.3. The lowest BCUT2D eigenvalue weighted by Gasteiger charge is -2.04. The minimum atomic E-state index is -0.354. The monoisotopic (exact) mass is 192 g/mol. The molecule has 0 amide bonds. The molecular weight excluding hydrogens is 176 g/mol. The van der Waals surface area contributed by atoms with E-state index in [-0.39, 0.29) is 6.10 Å². The van der Waals surface area contributed by atoms with Crippen LogP contribution < -0.4 is 0 Å². The van der Waals surface area contributed by atoms with Crippen LogP contribution in [0, 0.1) is 11.3 Å². The zero-order valence-corrected chi connectivity index (χ0v) is 8.48. The molecule has 1 aromatic heterocycles. The lowest BCUT2D eigenvalue weighted by atomic mass is 10.1. The average molecular weight is 192 g/mol. The van der Waals surface area contributed by atoms with Gasteiger partial charge in [-0.25, -0.2) is 0 Å². The molecule has 0 aliphatic heterocycles. The van der Waals surface area contributed by atoms with Crippen LogP contribution in [0.1, 0.15) is 37.9 Å². The van der Waals surface area contributed by atoms with Gasteiger partial charge in [0.1, 0.15) is 0 Å². The van der Waals surface area contributed by atoms with Crippen LogP contribution in [0.5, 0.6) is 0 Å². The highest BCUT2D eigenvalue weighted by molar-refractivity contribution is 5.13. The first-order chi connectivity index (χ1) is 6.77. The number of hydrogen-bond donors (Lipinski definition) is 1. The summed E-state index contributed by atoms with van der Waals surface area (Å²) in [5.41, 5.74) is 0.962. The van der Waals surface area contributed by atoms with E-state index in [4.69, 9.17) is 5.26 Å². The number of nitrogens with zero attached hydrogens (tertiary/aromatic N) is 2. The second-order valence-electron chi connectivity index (χ2n) is 3.37. The summed E-state index contributed by atoms with van der Waals surface area (Å²) >= 11 is 0. The Balaban J connectivity index is 2.47. The predicted octanol–water partition coefficient (Wildman–Crippen LogP) is 2.24. The zero-order valence-electron chi connectivity index (χ0n) is 8.48. The van der Waals surface area contributed by atoms with Crippen LogP contribution >= 0.6 is 0 Å². The van der Waals surface area contributed by atoms with E-state index >= 15 is 0 Å². The van der Waals surface area contributed by atoms with Gasteiger partial charge in [-0.1, -0.05) is 6.92 Å². The van der Waals surface area contributed by atoms with Crippen molar-refractivity contribution in [3.8, 4) is 6.07 Å². The normalized spacial score (nSPS) is 12.4. The average Bonchev–Trinajstić information content (AvgIpc) is 2.66. The number of aryl methyl sites for hydroxylation is 1. The third-order valence-corrected chi connectivity index (χ3v) is 2.25. The van der Waals surface area contributed by atoms with Crippen LogP contribution in [-0.4, -0.2) is 9.67 Å². The molecule has 0 bridgehead atoms. The summed E-state index contributed by atoms with van der Waals surface area (Å²) in [4.78, 5) is 0. The number of aromatic nitrogens is 1. The van der Waals surface area contributed by atoms with Crippen LogP contribution in [0.3, 0.4) is 0 Å². The molecule has 0 fully saturated rings. The third kappa shape index (κ3) is 2.90. The highest BCUT2D eigenvalue weighted by Gasteiger charge is 2.05. The van der Waals surface area contributed by atoms with Crippen molar-refractivity contribution in [2.24, 2.45) is 0 Å². The Labute approximate surface area is 84.6 Å². The van der Waals surface area contributed by atoms with Gasteiger partial charge in [-0.05, 0) is 24.5 Å². The van der Waals surface area contributed by atoms with E-state index in [2.05, 4.69) is 6.07 Å². The lowest BCUT2D eigenvalue weighted by molar-refractivity contribution is 0.173. The molecule has 3 heteroatoms. The maximum atomic E-state index is 9.55. The first-order valence-corrected chi connectivity index (χ1v) is 4.98. The molecule has 1 atom stereocenters. The van der Waals surface area contributed by atoms with Crippen molar-refractivity contribution >= 4 is 0 Å². The van der Waals surface area contributed by atoms with E-state index in [1.165, 1.54) is 0 Å². The van der Waals surface area contributed by atoms with Gasteiger partial charge < -0.3 is 9.67 Å². The van der Waals surface area contributed by atoms with E-state index in [0.29, 0.717) is 6.42 Å². The summed E-state index contributed by atoms with van der Waals surface area (Å²) < 4.78 is 2.02. The molecule has 1 unspecified atom stereocenters. The maximum absolute atomic E-state index is 9.55. The van der Waals surface area contributed by atoms with Gasteiger partial charge in [0.05, 0.1) is 12.2 Å². The van der Waals surface area contributed by atoms with Crippen molar-refractivity contribution in [2.45, 2.75) is 38.8 Å². The van der Waals surface area contributed by atoms with Crippen molar-refractivity contribution in [3.63, 3.8) is 0 Å². The molecule has 0 radical (unpaired) electrons. The molecule has 14 heavy (non-hydrogen) atoms. The minimum Gasteiger partial charge on any atom is -0.388 e. The Bertz CT molecular complexity index is 311. The van der Waals surface area contributed by atoms with Gasteiger partial charge in [0.15, 0.2) is 0 Å². The summed E-state index contributed by atoms with van der Waals surface area (Å²) in [6.45, 7) is 2.81. The SMILES string of the molecule is CCC(O)c1ccn(CCCC#N)c1. The fourth-order valence-electron chi connectivity index (χ4n) is 1.37. The third-order valence-electron chi connectivity index (χ3n) is 2.25. The Morgan fingerprint density at radius 2 is 2.43 bits per heavy atom. The zero-order chi connectivity index (χ0) is 10.4. The van der Waals surface area contributed by atoms with Crippen LogP contribution in [0.2, 0.25) is 0 Å². The Hall–Kier alpha value is -1.27. The summed E-state index contributed by atoms with van der Waals surface area (Å²) in [6.07, 6.45) is 5.74. The van der Waals surface area contributed by atoms with E-state index in [1.807, 2.05) is 30.0 Å². The van der Waals surface area contributed by atoms with Gasteiger partial charge in [0.2, 0.25) is 0 Å². The smallest absolute Gasteiger partial charge is 0.0802 e. The molecule has 76 valence electrons. The number of hydrogen-bond acceptors (Lipinski definition) is 2. The van der Waals surface area contributed by atoms with E-state index in [9.17, 15) is 5.11 Å². The Kier molecular flexibility index (Phi) is 4.21. The maximum Gasteiger partial charge on any atom is 0.0802 e. The Morgan fingerprint density at radius 3 is 3.07 bits per heavy atom. The van der Waals surface area contributed by atoms with E-state index in [1.54, 1.807) is 0 Å². The molecule has 0 aliphatic carbocycles. The largest absolute Gasteiger partial charge is 0.388 e. The minimum absolute atomic E-state index is 0.354. The fourth-order valence-corrected chi connectivity index (χ4v) is 1.37. The standard InChI is InChI=1S/C11H16N2O/c1-2-11(14)10-5-8-13(9-10)7-4-3-6-12/h5,8-9,11,14H,2-4,7H2,1H3. The second kappa shape index (κ2) is 5.46. The number of aliphatic hydroxyl groups is 1. The second-order valence-corrected chi connectivity index (χ2v) is 3.37. The lowest BCUT2D eigenvalue weighted by Crippen LogP contribution is -1.95. The number of unbranched alkanes of at least 4 members (excludes halogenated alkanes) is 1. The van der Waals surface area contributed by atoms with Gasteiger partial charge in [0.25, 0.3) is 0 Å². The van der Waals surface area contributed by atoms with Gasteiger partial charge in [0, 0.05) is 25.4 Å². The number of aliphatic hydroxyl groups excluding tert-OH is 1.